The average molecular weight is 190 g/mol. The fourth-order valence-corrected chi connectivity index (χ4v) is 1.05. The molecule has 0 aromatic carbocycles. The number of nitrogens with two attached hydrogens (primary N) is 1. The van der Waals surface area contributed by atoms with E-state index in [9.17, 15) is 4.79 Å². The number of nitrogens with zero attached hydrogens (tertiary/aromatic N) is 3. The summed E-state index contributed by atoms with van der Waals surface area (Å²) >= 11 is 1.45. The molecule has 6 nitrogen and oxygen atoms in total. The Kier molecular flexibility index (Phi) is 4.50. The minimum absolute atomic E-state index is 0.132. The molecule has 0 rings (SSSR count). The molecule has 0 saturated heterocycles. The lowest BCUT2D eigenvalue weighted by Crippen LogP contribution is -2.46. The predicted octanol–water partition coefficient (Wildman–Crippen LogP) is 0.789. The van der Waals surface area contributed by atoms with Crippen LogP contribution in [-0.2, 0) is 4.79 Å². The van der Waals surface area contributed by atoms with E-state index in [1.165, 1.54) is 11.8 Å². The maximum atomic E-state index is 10.5. The first-order valence-corrected chi connectivity index (χ1v) is 4.53. The number of hydrogen-bond acceptors (Lipinski definition) is 4. The first kappa shape index (κ1) is 11.1. The van der Waals surface area contributed by atoms with Gasteiger partial charge in [0.2, 0.25) is 0 Å². The number of carboxylic acids is 1. The molecule has 0 saturated carbocycles. The van der Waals surface area contributed by atoms with Crippen LogP contribution in [0.25, 0.3) is 10.4 Å². The largest absolute Gasteiger partial charge is 0.480 e. The highest BCUT2D eigenvalue weighted by molar-refractivity contribution is 7.98. The van der Waals surface area contributed by atoms with E-state index < -0.39 is 11.6 Å². The molecule has 0 aliphatic carbocycles. The van der Waals surface area contributed by atoms with Gasteiger partial charge in [-0.15, -0.1) is 0 Å². The minimum Gasteiger partial charge on any atom is -0.480 e. The Morgan fingerprint density at radius 3 is 2.83 bits per heavy atom. The van der Waals surface area contributed by atoms with Crippen molar-refractivity contribution in [3.8, 4) is 0 Å². The molecule has 0 aromatic heterocycles. The van der Waals surface area contributed by atoms with Crippen molar-refractivity contribution in [2.45, 2.75) is 12.1 Å². The van der Waals surface area contributed by atoms with E-state index in [-0.39, 0.29) is 6.42 Å². The molecular weight excluding hydrogens is 180 g/mol. The number of thioether (sulfide) groups is 1. The van der Waals surface area contributed by atoms with Crippen LogP contribution >= 0.6 is 11.8 Å². The molecule has 68 valence electrons. The molecule has 3 N–H and O–H groups in total. The Balaban J connectivity index is 4.39. The van der Waals surface area contributed by atoms with Gasteiger partial charge < -0.3 is 10.8 Å². The van der Waals surface area contributed by atoms with Crippen LogP contribution in [0.3, 0.4) is 0 Å². The molecule has 0 amide bonds. The smallest absolute Gasteiger partial charge is 0.329 e. The van der Waals surface area contributed by atoms with Crippen LogP contribution in [0.15, 0.2) is 5.11 Å². The maximum Gasteiger partial charge on any atom is 0.329 e. The molecule has 0 bridgehead atoms. The SMILES string of the molecule is CSCCC(N)(N=[N+]=[N-])C(=O)O. The quantitative estimate of drug-likeness (QED) is 0.379. The van der Waals surface area contributed by atoms with Gasteiger partial charge in [0.25, 0.3) is 0 Å². The molecule has 0 heterocycles. The predicted molar refractivity (Wildman–Crippen MR) is 46.7 cm³/mol. The molecule has 0 aliphatic heterocycles. The Hall–Kier alpha value is -0.910. The van der Waals surface area contributed by atoms with E-state index in [0.717, 1.165) is 0 Å². The Morgan fingerprint density at radius 2 is 2.50 bits per heavy atom. The van der Waals surface area contributed by atoms with Gasteiger partial charge in [-0.3, -0.25) is 4.79 Å². The van der Waals surface area contributed by atoms with Crippen LogP contribution in [0.1, 0.15) is 6.42 Å². The van der Waals surface area contributed by atoms with Gasteiger partial charge in [-0.2, -0.15) is 11.8 Å². The summed E-state index contributed by atoms with van der Waals surface area (Å²) in [6, 6.07) is 0. The zero-order valence-corrected chi connectivity index (χ0v) is 7.41. The van der Waals surface area contributed by atoms with Crippen molar-refractivity contribution in [2.24, 2.45) is 10.8 Å². The van der Waals surface area contributed by atoms with Gasteiger partial charge in [-0.05, 0) is 24.0 Å². The number of aliphatic carboxylic acids is 1. The number of carboxylic acid groups (broad SMARTS) is 1. The topological polar surface area (TPSA) is 112 Å². The van der Waals surface area contributed by atoms with Gasteiger partial charge in [0.1, 0.15) is 0 Å². The Labute approximate surface area is 73.8 Å². The number of carbonyl (C=O) groups is 1. The van der Waals surface area contributed by atoms with Crippen molar-refractivity contribution >= 4 is 17.7 Å². The molecular formula is C5H10N4O2S. The molecule has 0 fully saturated rings. The average Bonchev–Trinajstić information content (AvgIpc) is 2.01. The summed E-state index contributed by atoms with van der Waals surface area (Å²) in [6.07, 6.45) is 1.95. The summed E-state index contributed by atoms with van der Waals surface area (Å²) in [4.78, 5) is 12.9. The van der Waals surface area contributed by atoms with Gasteiger partial charge in [0.05, 0.1) is 0 Å². The van der Waals surface area contributed by atoms with Gasteiger partial charge in [-0.25, -0.2) is 0 Å². The second-order valence-corrected chi connectivity index (χ2v) is 3.15. The van der Waals surface area contributed by atoms with Crippen LogP contribution in [0, 0.1) is 0 Å². The zero-order chi connectivity index (χ0) is 9.61. The first-order valence-electron chi connectivity index (χ1n) is 3.14. The second kappa shape index (κ2) is 4.87. The summed E-state index contributed by atoms with van der Waals surface area (Å²) in [5, 5.41) is 11.6. The van der Waals surface area contributed by atoms with Crippen LogP contribution in [0.5, 0.6) is 0 Å². The Morgan fingerprint density at radius 1 is 1.92 bits per heavy atom. The van der Waals surface area contributed by atoms with E-state index in [0.29, 0.717) is 5.75 Å². The van der Waals surface area contributed by atoms with E-state index >= 15 is 0 Å². The van der Waals surface area contributed by atoms with Crippen LogP contribution in [0.2, 0.25) is 0 Å². The number of rotatable bonds is 5. The van der Waals surface area contributed by atoms with Gasteiger partial charge >= 0.3 is 5.97 Å². The second-order valence-electron chi connectivity index (χ2n) is 2.16. The van der Waals surface area contributed by atoms with Crippen molar-refractivity contribution in [1.82, 2.24) is 0 Å². The van der Waals surface area contributed by atoms with Crippen molar-refractivity contribution in [2.75, 3.05) is 12.0 Å². The fourth-order valence-electron chi connectivity index (χ4n) is 0.537. The molecule has 0 radical (unpaired) electrons. The monoisotopic (exact) mass is 190 g/mol. The highest BCUT2D eigenvalue weighted by atomic mass is 32.2. The lowest BCUT2D eigenvalue weighted by Gasteiger charge is -2.16. The Bertz CT molecular complexity index is 211. The third kappa shape index (κ3) is 3.00. The minimum atomic E-state index is -1.79. The summed E-state index contributed by atoms with van der Waals surface area (Å²) < 4.78 is 0. The van der Waals surface area contributed by atoms with Crippen molar-refractivity contribution in [3.05, 3.63) is 10.4 Å². The molecule has 7 heteroatoms. The summed E-state index contributed by atoms with van der Waals surface area (Å²) in [7, 11) is 0. The van der Waals surface area contributed by atoms with Crippen LogP contribution < -0.4 is 5.73 Å². The molecule has 0 spiro atoms. The summed E-state index contributed by atoms with van der Waals surface area (Å²) in [6.45, 7) is 0. The first-order chi connectivity index (χ1) is 5.56. The van der Waals surface area contributed by atoms with E-state index in [4.69, 9.17) is 16.4 Å². The fraction of sp³-hybridized carbons (Fsp3) is 0.800. The molecule has 12 heavy (non-hydrogen) atoms. The summed E-state index contributed by atoms with van der Waals surface area (Å²) in [5.41, 5.74) is 11.6. The molecule has 1 atom stereocenters. The van der Waals surface area contributed by atoms with E-state index in [1.54, 1.807) is 0 Å². The van der Waals surface area contributed by atoms with Gasteiger partial charge in [0, 0.05) is 4.91 Å². The third-order valence-corrected chi connectivity index (χ3v) is 1.89. The van der Waals surface area contributed by atoms with E-state index in [1.807, 2.05) is 6.26 Å². The lowest BCUT2D eigenvalue weighted by molar-refractivity contribution is -0.143. The van der Waals surface area contributed by atoms with Gasteiger partial charge in [-0.1, -0.05) is 5.11 Å². The standard InChI is InChI=1S/C5H10N4O2S/c1-12-3-2-5(6,4(10)11)8-9-7/h2-3,6H2,1H3,(H,10,11). The number of azide groups is 1. The summed E-state index contributed by atoms with van der Waals surface area (Å²) in [5.74, 6) is -0.753. The lowest BCUT2D eigenvalue weighted by atomic mass is 10.1. The van der Waals surface area contributed by atoms with E-state index in [2.05, 4.69) is 10.0 Å². The van der Waals surface area contributed by atoms with Crippen LogP contribution in [0.4, 0.5) is 0 Å². The zero-order valence-electron chi connectivity index (χ0n) is 6.60. The number of hydrogen-bond donors (Lipinski definition) is 2. The molecule has 1 unspecified atom stereocenters. The third-order valence-electron chi connectivity index (χ3n) is 1.28. The van der Waals surface area contributed by atoms with Crippen LogP contribution in [-0.4, -0.2) is 28.7 Å². The molecule has 0 aromatic rings. The van der Waals surface area contributed by atoms with Gasteiger partial charge in [0.15, 0.2) is 5.66 Å². The molecule has 0 aliphatic rings. The van der Waals surface area contributed by atoms with Crippen molar-refractivity contribution in [1.29, 1.82) is 0 Å². The van der Waals surface area contributed by atoms with Crippen molar-refractivity contribution < 1.29 is 9.90 Å². The highest BCUT2D eigenvalue weighted by Gasteiger charge is 2.31. The van der Waals surface area contributed by atoms with Crippen molar-refractivity contribution in [3.63, 3.8) is 0 Å². The maximum absolute atomic E-state index is 10.5. The highest BCUT2D eigenvalue weighted by Crippen LogP contribution is 2.12. The normalized spacial score (nSPS) is 14.5.